The van der Waals surface area contributed by atoms with Crippen LogP contribution in [0.4, 0.5) is 5.69 Å². The molecule has 3 rings (SSSR count). The average Bonchev–Trinajstić information content (AvgIpc) is 3.24. The number of nitrogens with zero attached hydrogens (tertiary/aromatic N) is 2. The maximum absolute atomic E-state index is 12.7. The van der Waals surface area contributed by atoms with Gasteiger partial charge in [-0.25, -0.2) is 5.48 Å². The summed E-state index contributed by atoms with van der Waals surface area (Å²) in [6.07, 6.45) is 1.71. The van der Waals surface area contributed by atoms with Crippen molar-refractivity contribution in [2.75, 3.05) is 14.2 Å². The number of nitro groups is 1. The van der Waals surface area contributed by atoms with Crippen LogP contribution in [-0.4, -0.2) is 40.7 Å². The van der Waals surface area contributed by atoms with Crippen LogP contribution >= 0.6 is 0 Å². The molecule has 0 bridgehead atoms. The molecular formula is C25H28N4O7. The van der Waals surface area contributed by atoms with Gasteiger partial charge in [0.1, 0.15) is 22.9 Å². The van der Waals surface area contributed by atoms with Crippen molar-refractivity contribution in [2.45, 2.75) is 32.2 Å². The van der Waals surface area contributed by atoms with Gasteiger partial charge in [-0.2, -0.15) is 0 Å². The van der Waals surface area contributed by atoms with Gasteiger partial charge >= 0.3 is 5.69 Å². The van der Waals surface area contributed by atoms with Crippen LogP contribution in [-0.2, 0) is 11.3 Å². The highest BCUT2D eigenvalue weighted by atomic mass is 16.6. The number of unbranched alkanes of at least 4 members (excludes halogenated alkanes) is 2. The van der Waals surface area contributed by atoms with Gasteiger partial charge in [-0.1, -0.05) is 18.6 Å². The van der Waals surface area contributed by atoms with Crippen molar-refractivity contribution in [3.63, 3.8) is 0 Å². The summed E-state index contributed by atoms with van der Waals surface area (Å²) in [7, 11) is 3.03. The number of nitrogens with one attached hydrogen (secondary N) is 1. The van der Waals surface area contributed by atoms with Gasteiger partial charge in [-0.3, -0.25) is 24.9 Å². The van der Waals surface area contributed by atoms with Crippen molar-refractivity contribution in [2.24, 2.45) is 5.73 Å². The molecule has 2 aromatic carbocycles. The van der Waals surface area contributed by atoms with Gasteiger partial charge in [0.2, 0.25) is 5.91 Å². The first kappa shape index (κ1) is 26.2. The highest BCUT2D eigenvalue weighted by Gasteiger charge is 2.35. The molecule has 0 spiro atoms. The van der Waals surface area contributed by atoms with Gasteiger partial charge in [0.05, 0.1) is 24.7 Å². The zero-order chi connectivity index (χ0) is 26.2. The van der Waals surface area contributed by atoms with Crippen LogP contribution in [0.1, 0.15) is 36.2 Å². The zero-order valence-electron chi connectivity index (χ0n) is 20.0. The van der Waals surface area contributed by atoms with E-state index >= 15 is 0 Å². The Hall–Kier alpha value is -4.38. The standard InChI is InChI=1S/C25H28N4O7/c1-35-18-11-7-16(8-12-18)21-23(29(33)34)22(17-9-13-19(36-2)14-10-17)28(24(21)25(26)31)15-5-3-4-6-20(30)27-32/h7-14,32H,3-6,15H2,1-2H3,(H2,26,31)(H,27,30). The number of hydroxylamine groups is 1. The van der Waals surface area contributed by atoms with Gasteiger partial charge in [-0.05, 0) is 54.8 Å². The Kier molecular flexibility index (Phi) is 8.63. The third-order valence-corrected chi connectivity index (χ3v) is 5.81. The van der Waals surface area contributed by atoms with Crippen LogP contribution < -0.4 is 20.7 Å². The molecule has 190 valence electrons. The summed E-state index contributed by atoms with van der Waals surface area (Å²) in [5.74, 6) is -0.163. The minimum Gasteiger partial charge on any atom is -0.497 e. The quantitative estimate of drug-likeness (QED) is 0.148. The second kappa shape index (κ2) is 11.8. The number of carbonyl (C=O) groups excluding carboxylic acids is 2. The summed E-state index contributed by atoms with van der Waals surface area (Å²) < 4.78 is 12.0. The van der Waals surface area contributed by atoms with E-state index < -0.39 is 16.7 Å². The van der Waals surface area contributed by atoms with E-state index in [0.29, 0.717) is 41.9 Å². The fraction of sp³-hybridized carbons (Fsp3) is 0.280. The number of methoxy groups -OCH3 is 2. The molecule has 0 saturated heterocycles. The van der Waals surface area contributed by atoms with Crippen LogP contribution in [0.5, 0.6) is 11.5 Å². The lowest BCUT2D eigenvalue weighted by Crippen LogP contribution is -2.19. The van der Waals surface area contributed by atoms with E-state index in [0.717, 1.165) is 0 Å². The number of primary amides is 1. The number of carbonyl (C=O) groups is 2. The molecule has 11 nitrogen and oxygen atoms in total. The van der Waals surface area contributed by atoms with Crippen LogP contribution in [0.25, 0.3) is 22.4 Å². The molecule has 0 radical (unpaired) electrons. The summed E-state index contributed by atoms with van der Waals surface area (Å²) in [6, 6.07) is 13.3. The summed E-state index contributed by atoms with van der Waals surface area (Å²) in [5.41, 5.74) is 8.50. The SMILES string of the molecule is COc1ccc(-c2c([N+](=O)[O-])c(-c3ccc(OC)cc3)n(CCCCCC(=O)NO)c2C(N)=O)cc1. The number of nitrogens with two attached hydrogens (primary N) is 1. The van der Waals surface area contributed by atoms with E-state index in [1.807, 2.05) is 0 Å². The first-order valence-corrected chi connectivity index (χ1v) is 11.2. The van der Waals surface area contributed by atoms with Crippen LogP contribution in [0.3, 0.4) is 0 Å². The number of aromatic nitrogens is 1. The maximum atomic E-state index is 12.7. The van der Waals surface area contributed by atoms with E-state index in [4.69, 9.17) is 20.4 Å². The number of hydrogen-bond donors (Lipinski definition) is 3. The number of ether oxygens (including phenoxy) is 2. The molecule has 1 aromatic heterocycles. The predicted octanol–water partition coefficient (Wildman–Crippen LogP) is 3.91. The molecule has 36 heavy (non-hydrogen) atoms. The summed E-state index contributed by atoms with van der Waals surface area (Å²) in [4.78, 5) is 35.9. The lowest BCUT2D eigenvalue weighted by molar-refractivity contribution is -0.383. The second-order valence-corrected chi connectivity index (χ2v) is 8.00. The molecule has 1 heterocycles. The van der Waals surface area contributed by atoms with Gasteiger partial charge in [-0.15, -0.1) is 0 Å². The van der Waals surface area contributed by atoms with Gasteiger partial charge < -0.3 is 19.8 Å². The third kappa shape index (κ3) is 5.63. The first-order valence-electron chi connectivity index (χ1n) is 11.2. The van der Waals surface area contributed by atoms with Crippen molar-refractivity contribution in [1.82, 2.24) is 10.0 Å². The zero-order valence-corrected chi connectivity index (χ0v) is 20.0. The minimum atomic E-state index is -0.802. The normalized spacial score (nSPS) is 10.6. The molecule has 0 unspecified atom stereocenters. The third-order valence-electron chi connectivity index (χ3n) is 5.81. The van der Waals surface area contributed by atoms with E-state index in [2.05, 4.69) is 0 Å². The monoisotopic (exact) mass is 496 g/mol. The minimum absolute atomic E-state index is 0.0192. The Balaban J connectivity index is 2.18. The Bertz CT molecular complexity index is 1230. The lowest BCUT2D eigenvalue weighted by atomic mass is 10.0. The first-order chi connectivity index (χ1) is 17.3. The van der Waals surface area contributed by atoms with Crippen LogP contribution in [0.2, 0.25) is 0 Å². The van der Waals surface area contributed by atoms with Crippen LogP contribution in [0, 0.1) is 10.1 Å². The Labute approximate surface area is 207 Å². The Morgan fingerprint density at radius 3 is 2.00 bits per heavy atom. The number of amides is 2. The summed E-state index contributed by atoms with van der Waals surface area (Å²) >= 11 is 0. The van der Waals surface area contributed by atoms with E-state index in [1.54, 1.807) is 58.6 Å². The van der Waals surface area contributed by atoms with E-state index in [-0.39, 0.29) is 35.6 Å². The maximum Gasteiger partial charge on any atom is 0.303 e. The molecule has 4 N–H and O–H groups in total. The van der Waals surface area contributed by atoms with E-state index in [9.17, 15) is 19.7 Å². The van der Waals surface area contributed by atoms with Gasteiger partial charge in [0.25, 0.3) is 5.91 Å². The fourth-order valence-corrected chi connectivity index (χ4v) is 4.12. The molecule has 0 atom stereocenters. The second-order valence-electron chi connectivity index (χ2n) is 8.00. The summed E-state index contributed by atoms with van der Waals surface area (Å²) in [5, 5.41) is 21.1. The highest BCUT2D eigenvalue weighted by Crippen LogP contribution is 2.44. The van der Waals surface area contributed by atoms with Crippen molar-refractivity contribution in [3.8, 4) is 33.9 Å². The molecule has 11 heteroatoms. The smallest absolute Gasteiger partial charge is 0.303 e. The molecule has 3 aromatic rings. The van der Waals surface area contributed by atoms with E-state index in [1.165, 1.54) is 14.2 Å². The molecular weight excluding hydrogens is 468 g/mol. The topological polar surface area (TPSA) is 159 Å². The molecule has 0 aliphatic rings. The Morgan fingerprint density at radius 1 is 0.972 bits per heavy atom. The Morgan fingerprint density at radius 2 is 1.53 bits per heavy atom. The summed E-state index contributed by atoms with van der Waals surface area (Å²) in [6.45, 7) is 0.247. The number of benzene rings is 2. The molecule has 2 amide bonds. The van der Waals surface area contributed by atoms with Crippen molar-refractivity contribution in [3.05, 3.63) is 64.3 Å². The van der Waals surface area contributed by atoms with Gasteiger partial charge in [0, 0.05) is 18.5 Å². The van der Waals surface area contributed by atoms with Crippen molar-refractivity contribution >= 4 is 17.5 Å². The van der Waals surface area contributed by atoms with Crippen molar-refractivity contribution in [1.29, 1.82) is 0 Å². The lowest BCUT2D eigenvalue weighted by Gasteiger charge is -2.12. The van der Waals surface area contributed by atoms with Gasteiger partial charge in [0.15, 0.2) is 0 Å². The predicted molar refractivity (Wildman–Crippen MR) is 132 cm³/mol. The average molecular weight is 497 g/mol. The van der Waals surface area contributed by atoms with Crippen LogP contribution in [0.15, 0.2) is 48.5 Å². The highest BCUT2D eigenvalue weighted by molar-refractivity contribution is 6.04. The molecule has 0 aliphatic heterocycles. The largest absolute Gasteiger partial charge is 0.497 e. The molecule has 0 fully saturated rings. The fourth-order valence-electron chi connectivity index (χ4n) is 4.12. The number of rotatable bonds is 12. The number of hydrogen-bond acceptors (Lipinski definition) is 7. The molecule has 0 aliphatic carbocycles. The van der Waals surface area contributed by atoms with Crippen molar-refractivity contribution < 1.29 is 29.2 Å². The molecule has 0 saturated carbocycles.